The molecule has 2 bridgehead atoms. The van der Waals surface area contributed by atoms with E-state index < -0.39 is 23.2 Å². The number of aromatic nitrogens is 1. The molecular formula is C31H21BrN4O3. The first-order chi connectivity index (χ1) is 19.0. The van der Waals surface area contributed by atoms with Crippen molar-refractivity contribution in [2.75, 3.05) is 4.90 Å². The quantitative estimate of drug-likeness (QED) is 0.214. The van der Waals surface area contributed by atoms with E-state index in [4.69, 9.17) is 0 Å². The lowest BCUT2D eigenvalue weighted by Gasteiger charge is -2.52. The summed E-state index contributed by atoms with van der Waals surface area (Å²) in [5, 5.41) is 4.43. The molecule has 1 saturated heterocycles. The third kappa shape index (κ3) is 3.31. The molecule has 4 aliphatic rings. The van der Waals surface area contributed by atoms with Crippen molar-refractivity contribution in [2.45, 2.75) is 11.3 Å². The number of nitrogens with zero attached hydrogens (tertiary/aromatic N) is 3. The zero-order valence-electron chi connectivity index (χ0n) is 20.5. The molecule has 2 heterocycles. The van der Waals surface area contributed by atoms with Gasteiger partial charge in [0.1, 0.15) is 0 Å². The molecule has 3 aliphatic carbocycles. The second-order valence-corrected chi connectivity index (χ2v) is 10.9. The zero-order chi connectivity index (χ0) is 26.7. The van der Waals surface area contributed by atoms with Gasteiger partial charge in [0.05, 0.1) is 28.5 Å². The van der Waals surface area contributed by atoms with Crippen LogP contribution in [0.2, 0.25) is 0 Å². The second kappa shape index (κ2) is 8.81. The van der Waals surface area contributed by atoms with Crippen molar-refractivity contribution in [2.24, 2.45) is 16.9 Å². The first-order valence-corrected chi connectivity index (χ1v) is 13.4. The number of anilines is 1. The van der Waals surface area contributed by atoms with Crippen molar-refractivity contribution in [1.82, 2.24) is 10.4 Å². The Bertz CT molecular complexity index is 1640. The molecule has 1 N–H and O–H groups in total. The number of rotatable bonds is 4. The van der Waals surface area contributed by atoms with E-state index in [0.29, 0.717) is 11.3 Å². The number of halogens is 1. The van der Waals surface area contributed by atoms with Crippen LogP contribution in [0.4, 0.5) is 5.69 Å². The van der Waals surface area contributed by atoms with Gasteiger partial charge in [0, 0.05) is 29.0 Å². The van der Waals surface area contributed by atoms with Gasteiger partial charge in [0.25, 0.3) is 5.91 Å². The lowest BCUT2D eigenvalue weighted by molar-refractivity contribution is -0.122. The number of hydrogen-bond donors (Lipinski definition) is 1. The Kier molecular flexibility index (Phi) is 5.35. The molecule has 39 heavy (non-hydrogen) atoms. The van der Waals surface area contributed by atoms with Crippen molar-refractivity contribution >= 4 is 45.6 Å². The second-order valence-electron chi connectivity index (χ2n) is 9.95. The predicted molar refractivity (Wildman–Crippen MR) is 149 cm³/mol. The van der Waals surface area contributed by atoms with Crippen LogP contribution < -0.4 is 10.3 Å². The van der Waals surface area contributed by atoms with E-state index in [9.17, 15) is 14.4 Å². The molecule has 8 heteroatoms. The highest BCUT2D eigenvalue weighted by Gasteiger charge is 2.68. The average Bonchev–Trinajstić information content (AvgIpc) is 3.25. The van der Waals surface area contributed by atoms with Crippen LogP contribution in [-0.4, -0.2) is 28.9 Å². The molecule has 8 rings (SSSR count). The minimum atomic E-state index is -1.05. The number of carbonyl (C=O) groups excluding carboxylic acids is 3. The molecule has 2 atom stereocenters. The van der Waals surface area contributed by atoms with Crippen LogP contribution in [-0.2, 0) is 15.0 Å². The van der Waals surface area contributed by atoms with Crippen LogP contribution in [0.3, 0.4) is 0 Å². The highest BCUT2D eigenvalue weighted by Crippen LogP contribution is 2.63. The number of hydrogen-bond acceptors (Lipinski definition) is 5. The summed E-state index contributed by atoms with van der Waals surface area (Å²) < 4.78 is 0.857. The highest BCUT2D eigenvalue weighted by molar-refractivity contribution is 9.10. The van der Waals surface area contributed by atoms with Gasteiger partial charge in [-0.25, -0.2) is 10.3 Å². The van der Waals surface area contributed by atoms with Crippen LogP contribution in [0.25, 0.3) is 0 Å². The first-order valence-electron chi connectivity index (χ1n) is 12.6. The molecule has 190 valence electrons. The normalized spacial score (nSPS) is 24.4. The number of amides is 3. The summed E-state index contributed by atoms with van der Waals surface area (Å²) in [6.07, 6.45) is 4.71. The summed E-state index contributed by atoms with van der Waals surface area (Å²) in [6, 6.07) is 26.4. The topological polar surface area (TPSA) is 91.7 Å². The molecule has 1 fully saturated rings. The Morgan fingerprint density at radius 3 is 2.21 bits per heavy atom. The minimum absolute atomic E-state index is 0.224. The third-order valence-corrected chi connectivity index (χ3v) is 8.66. The molecule has 7 nitrogen and oxygen atoms in total. The van der Waals surface area contributed by atoms with Gasteiger partial charge in [0.15, 0.2) is 0 Å². The van der Waals surface area contributed by atoms with E-state index in [1.807, 2.05) is 60.7 Å². The van der Waals surface area contributed by atoms with Crippen molar-refractivity contribution < 1.29 is 14.4 Å². The Labute approximate surface area is 232 Å². The smallest absolute Gasteiger partial charge is 0.272 e. The number of imide groups is 1. The third-order valence-electron chi connectivity index (χ3n) is 8.13. The molecular weight excluding hydrogens is 556 g/mol. The SMILES string of the molecule is O=C(N/N=C/C12c3ccccc3C(c3ccccc31)[C@H]1C(=O)N(c3ccc(Br)cc3)C(=O)[C@@H]12)c1cccnc1. The summed E-state index contributed by atoms with van der Waals surface area (Å²) in [5.41, 5.74) is 6.32. The maximum absolute atomic E-state index is 14.3. The Morgan fingerprint density at radius 1 is 0.897 bits per heavy atom. The molecule has 1 aromatic heterocycles. The lowest BCUT2D eigenvalue weighted by atomic mass is 9.47. The first kappa shape index (κ1) is 23.7. The maximum atomic E-state index is 14.3. The molecule has 3 aromatic carbocycles. The van der Waals surface area contributed by atoms with E-state index in [-0.39, 0.29) is 17.7 Å². The summed E-state index contributed by atoms with van der Waals surface area (Å²) in [4.78, 5) is 46.5. The van der Waals surface area contributed by atoms with Gasteiger partial charge in [0.2, 0.25) is 11.8 Å². The monoisotopic (exact) mass is 576 g/mol. The predicted octanol–water partition coefficient (Wildman–Crippen LogP) is 4.81. The Hall–Kier alpha value is -4.43. The summed E-state index contributed by atoms with van der Waals surface area (Å²) in [6.45, 7) is 0. The van der Waals surface area contributed by atoms with E-state index >= 15 is 0 Å². The van der Waals surface area contributed by atoms with Gasteiger partial charge >= 0.3 is 0 Å². The average molecular weight is 577 g/mol. The fourth-order valence-corrected chi connectivity index (χ4v) is 6.91. The molecule has 1 aliphatic heterocycles. The number of hydrazone groups is 1. The number of carbonyl (C=O) groups is 3. The molecule has 0 unspecified atom stereocenters. The van der Waals surface area contributed by atoms with Gasteiger partial charge in [-0.15, -0.1) is 0 Å². The van der Waals surface area contributed by atoms with Crippen LogP contribution in [0, 0.1) is 11.8 Å². The fourth-order valence-electron chi connectivity index (χ4n) is 6.65. The van der Waals surface area contributed by atoms with E-state index in [2.05, 4.69) is 31.4 Å². The van der Waals surface area contributed by atoms with Crippen molar-refractivity contribution in [1.29, 1.82) is 0 Å². The molecule has 3 amide bonds. The van der Waals surface area contributed by atoms with E-state index in [0.717, 1.165) is 26.7 Å². The Balaban J connectivity index is 1.41. The zero-order valence-corrected chi connectivity index (χ0v) is 22.1. The molecule has 0 spiro atoms. The van der Waals surface area contributed by atoms with Crippen molar-refractivity contribution in [3.8, 4) is 0 Å². The summed E-state index contributed by atoms with van der Waals surface area (Å²) >= 11 is 3.43. The van der Waals surface area contributed by atoms with Crippen LogP contribution in [0.1, 0.15) is 38.5 Å². The Morgan fingerprint density at radius 2 is 1.56 bits per heavy atom. The van der Waals surface area contributed by atoms with Gasteiger partial charge in [-0.2, -0.15) is 5.10 Å². The van der Waals surface area contributed by atoms with Crippen LogP contribution in [0.15, 0.2) is 107 Å². The molecule has 4 aromatic rings. The van der Waals surface area contributed by atoms with Crippen LogP contribution >= 0.6 is 15.9 Å². The van der Waals surface area contributed by atoms with Crippen molar-refractivity contribution in [3.05, 3.63) is 130 Å². The van der Waals surface area contributed by atoms with Gasteiger partial charge in [-0.3, -0.25) is 19.4 Å². The largest absolute Gasteiger partial charge is 0.274 e. The summed E-state index contributed by atoms with van der Waals surface area (Å²) in [5.74, 6) is -2.50. The van der Waals surface area contributed by atoms with Gasteiger partial charge in [-0.1, -0.05) is 64.5 Å². The highest BCUT2D eigenvalue weighted by atomic mass is 79.9. The number of benzene rings is 3. The lowest BCUT2D eigenvalue weighted by Crippen LogP contribution is -2.54. The van der Waals surface area contributed by atoms with Gasteiger partial charge < -0.3 is 0 Å². The maximum Gasteiger partial charge on any atom is 0.272 e. The van der Waals surface area contributed by atoms with E-state index in [1.54, 1.807) is 36.7 Å². The fraction of sp³-hybridized carbons (Fsp3) is 0.129. The van der Waals surface area contributed by atoms with Gasteiger partial charge in [-0.05, 0) is 58.7 Å². The van der Waals surface area contributed by atoms with E-state index in [1.165, 1.54) is 11.1 Å². The number of nitrogens with one attached hydrogen (secondary N) is 1. The number of pyridine rings is 1. The molecule has 0 radical (unpaired) electrons. The summed E-state index contributed by atoms with van der Waals surface area (Å²) in [7, 11) is 0. The van der Waals surface area contributed by atoms with Crippen molar-refractivity contribution in [3.63, 3.8) is 0 Å². The van der Waals surface area contributed by atoms with Crippen LogP contribution in [0.5, 0.6) is 0 Å². The minimum Gasteiger partial charge on any atom is -0.274 e. The molecule has 0 saturated carbocycles. The standard InChI is InChI=1S/C31H21BrN4O3/c32-19-11-13-20(14-12-19)36-29(38)26-25-21-7-1-3-9-23(21)31(27(26)30(36)39,24-10-4-2-8-22(24)25)17-34-35-28(37)18-6-5-15-33-16-18/h1-17,25-27H,(H,35,37)/b34-17+/t25?,26-,27-,31?/m1/s1.